The summed E-state index contributed by atoms with van der Waals surface area (Å²) in [6.45, 7) is 0.445. The second kappa shape index (κ2) is 17.3. The zero-order valence-electron chi connectivity index (χ0n) is 22.2. The Hall–Kier alpha value is -2.62. The Morgan fingerprint density at radius 2 is 1.32 bits per heavy atom. The molecule has 226 valence electrons. The van der Waals surface area contributed by atoms with Crippen molar-refractivity contribution in [2.45, 2.75) is 12.7 Å². The number of carbonyl (C=O) groups is 3. The number of aliphatic carboxylic acids is 2. The van der Waals surface area contributed by atoms with Crippen molar-refractivity contribution < 1.29 is 48.8 Å². The van der Waals surface area contributed by atoms with E-state index in [1.165, 1.54) is 14.7 Å². The van der Waals surface area contributed by atoms with Crippen LogP contribution in [0.3, 0.4) is 0 Å². The van der Waals surface area contributed by atoms with Gasteiger partial charge in [-0.2, -0.15) is 0 Å². The van der Waals surface area contributed by atoms with E-state index in [1.54, 1.807) is 17.0 Å². The van der Waals surface area contributed by atoms with Crippen molar-refractivity contribution in [3.63, 3.8) is 0 Å². The largest absolute Gasteiger partial charge is 0.810 e. The molecule has 0 saturated carbocycles. The first kappa shape index (κ1) is 33.6. The number of carboxylic acid groups (broad SMARTS) is 2. The Kier molecular flexibility index (Phi) is 14.5. The lowest BCUT2D eigenvalue weighted by atomic mass is 10.2. The third-order valence-electron chi connectivity index (χ3n) is 6.17. The first-order valence-electron chi connectivity index (χ1n) is 12.8. The molecule has 40 heavy (non-hydrogen) atoms. The van der Waals surface area contributed by atoms with Gasteiger partial charge in [0.15, 0.2) is 0 Å². The van der Waals surface area contributed by atoms with Crippen LogP contribution in [0.15, 0.2) is 30.3 Å². The van der Waals surface area contributed by atoms with E-state index in [-0.39, 0.29) is 72.1 Å². The summed E-state index contributed by atoms with van der Waals surface area (Å²) >= 11 is 0. The van der Waals surface area contributed by atoms with Gasteiger partial charge in [-0.25, -0.2) is 4.79 Å². The maximum atomic E-state index is 12.0. The van der Waals surface area contributed by atoms with Gasteiger partial charge in [-0.1, -0.05) is 37.9 Å². The van der Waals surface area contributed by atoms with E-state index in [9.17, 15) is 44.1 Å². The molecule has 0 aromatic heterocycles. The Bertz CT molecular complexity index is 950. The minimum absolute atomic E-state index is 0.0541. The lowest BCUT2D eigenvalue weighted by Gasteiger charge is -2.39. The number of aliphatic hydroxyl groups is 1. The number of aliphatic hydroxyl groups excluding tert-OH is 1. The smallest absolute Gasteiger partial charge is 0.407 e. The monoisotopic (exact) mass is 585 g/mol. The number of benzene rings is 1. The fraction of sp³-hybridized carbons (Fsp3) is 0.625. The van der Waals surface area contributed by atoms with E-state index >= 15 is 0 Å². The average Bonchev–Trinajstić information content (AvgIpc) is 2.87. The topological polar surface area (TPSA) is 215 Å². The lowest BCUT2D eigenvalue weighted by molar-refractivity contribution is -0.316. The highest BCUT2D eigenvalue weighted by molar-refractivity contribution is 7.48. The van der Waals surface area contributed by atoms with Gasteiger partial charge >= 0.3 is 6.09 Å². The number of ether oxygens (including phenoxy) is 1. The molecule has 15 nitrogen and oxygen atoms in total. The molecule has 1 aliphatic heterocycles. The van der Waals surface area contributed by atoms with Gasteiger partial charge in [-0.3, -0.25) is 19.6 Å². The molecule has 0 bridgehead atoms. The molecule has 1 aromatic carbocycles. The first-order chi connectivity index (χ1) is 18.9. The van der Waals surface area contributed by atoms with E-state index in [2.05, 4.69) is 5.32 Å². The highest BCUT2D eigenvalue weighted by atomic mass is 31.2. The van der Waals surface area contributed by atoms with Gasteiger partial charge in [0.2, 0.25) is 0 Å². The molecular weight excluding hydrogens is 549 g/mol. The normalized spacial score (nSPS) is 18.3. The second-order valence-corrected chi connectivity index (χ2v) is 11.1. The van der Waals surface area contributed by atoms with E-state index in [0.29, 0.717) is 0 Å². The SMILES string of the molecule is O=C([O-])CN1CCN(CC(O)CNC(=O)OCc2ccccc2)CCN(CC(=O)[O-])CCN(CP(=O)([O-])[O-])CC1. The molecule has 1 atom stereocenters. The Morgan fingerprint density at radius 1 is 0.850 bits per heavy atom. The highest BCUT2D eigenvalue weighted by Gasteiger charge is 2.19. The number of rotatable bonds is 12. The van der Waals surface area contributed by atoms with Crippen LogP contribution in [0.1, 0.15) is 5.56 Å². The predicted molar refractivity (Wildman–Crippen MR) is 134 cm³/mol. The van der Waals surface area contributed by atoms with Crippen LogP contribution in [-0.4, -0.2) is 134 Å². The summed E-state index contributed by atoms with van der Waals surface area (Å²) in [6, 6.07) is 9.07. The van der Waals surface area contributed by atoms with Crippen LogP contribution in [-0.2, 0) is 25.5 Å². The van der Waals surface area contributed by atoms with Crippen LogP contribution >= 0.6 is 7.60 Å². The summed E-state index contributed by atoms with van der Waals surface area (Å²) in [5, 5.41) is 35.6. The van der Waals surface area contributed by atoms with Gasteiger partial charge in [0.05, 0.1) is 18.0 Å². The fourth-order valence-electron chi connectivity index (χ4n) is 4.17. The van der Waals surface area contributed by atoms with Crippen molar-refractivity contribution in [3.8, 4) is 0 Å². The second-order valence-electron chi connectivity index (χ2n) is 9.56. The highest BCUT2D eigenvalue weighted by Crippen LogP contribution is 2.24. The van der Waals surface area contributed by atoms with E-state index in [4.69, 9.17) is 4.74 Å². The molecular formula is C24H36N5O10P-4. The third kappa shape index (κ3) is 15.2. The fourth-order valence-corrected chi connectivity index (χ4v) is 4.94. The minimum atomic E-state index is -4.91. The van der Waals surface area contributed by atoms with Crippen LogP contribution < -0.4 is 25.3 Å². The summed E-state index contributed by atoms with van der Waals surface area (Å²) in [6.07, 6.45) is -2.49. The molecule has 1 heterocycles. The molecule has 2 N–H and O–H groups in total. The summed E-state index contributed by atoms with van der Waals surface area (Å²) < 4.78 is 16.5. The summed E-state index contributed by atoms with van der Waals surface area (Å²) in [4.78, 5) is 63.5. The Labute approximate surface area is 233 Å². The van der Waals surface area contributed by atoms with Gasteiger partial charge < -0.3 is 49.3 Å². The molecule has 1 amide bonds. The number of nitrogens with one attached hydrogen (secondary N) is 1. The van der Waals surface area contributed by atoms with Crippen molar-refractivity contribution in [1.82, 2.24) is 24.9 Å². The molecule has 0 aliphatic carbocycles. The van der Waals surface area contributed by atoms with Gasteiger partial charge in [0.1, 0.15) is 6.61 Å². The zero-order valence-corrected chi connectivity index (χ0v) is 23.1. The maximum absolute atomic E-state index is 12.0. The van der Waals surface area contributed by atoms with E-state index in [0.717, 1.165) is 5.56 Å². The summed E-state index contributed by atoms with van der Waals surface area (Å²) in [5.41, 5.74) is 0.804. The van der Waals surface area contributed by atoms with Crippen LogP contribution in [0.25, 0.3) is 0 Å². The molecule has 1 aliphatic rings. The lowest BCUT2D eigenvalue weighted by Crippen LogP contribution is -2.51. The number of carbonyl (C=O) groups excluding carboxylic acids is 3. The Morgan fingerprint density at radius 3 is 1.80 bits per heavy atom. The molecule has 16 heteroatoms. The van der Waals surface area contributed by atoms with Gasteiger partial charge in [0.25, 0.3) is 0 Å². The van der Waals surface area contributed by atoms with Crippen molar-refractivity contribution in [2.24, 2.45) is 0 Å². The molecule has 1 unspecified atom stereocenters. The van der Waals surface area contributed by atoms with Gasteiger partial charge in [-0.05, 0) is 5.56 Å². The van der Waals surface area contributed by atoms with Crippen LogP contribution in [0.5, 0.6) is 0 Å². The van der Waals surface area contributed by atoms with Crippen molar-refractivity contribution in [3.05, 3.63) is 35.9 Å². The minimum Gasteiger partial charge on any atom is -0.810 e. The Balaban J connectivity index is 1.99. The van der Waals surface area contributed by atoms with Crippen LogP contribution in [0, 0.1) is 0 Å². The third-order valence-corrected chi connectivity index (χ3v) is 6.92. The number of hydrogen-bond donors (Lipinski definition) is 2. The predicted octanol–water partition coefficient (Wildman–Crippen LogP) is -5.13. The molecule has 1 saturated heterocycles. The standard InChI is InChI=1S/C24H40N5O10P/c30-21(14-25-24(35)39-18-20-4-2-1-3-5-20)15-26-6-8-27(16-22(31)32)10-12-29(19-40(36,37)38)13-11-28(9-7-26)17-23(33)34/h1-5,21,30H,6-19H2,(H,25,35)(H,31,32)(H,33,34)(H2,36,37,38)/p-4. The molecule has 0 spiro atoms. The molecule has 0 radical (unpaired) electrons. The van der Waals surface area contributed by atoms with Crippen molar-refractivity contribution >= 4 is 25.6 Å². The van der Waals surface area contributed by atoms with Crippen LogP contribution in [0.2, 0.25) is 0 Å². The van der Waals surface area contributed by atoms with E-state index < -0.39 is 51.1 Å². The molecule has 2 rings (SSSR count). The van der Waals surface area contributed by atoms with Crippen molar-refractivity contribution in [1.29, 1.82) is 0 Å². The summed E-state index contributed by atoms with van der Waals surface area (Å²) in [5.74, 6) is -2.66. The number of amides is 1. The van der Waals surface area contributed by atoms with E-state index in [1.807, 2.05) is 18.2 Å². The zero-order chi connectivity index (χ0) is 29.5. The number of nitrogens with zero attached hydrogens (tertiary/aromatic N) is 4. The summed E-state index contributed by atoms with van der Waals surface area (Å²) in [7, 11) is -4.91. The first-order valence-corrected chi connectivity index (χ1v) is 14.5. The van der Waals surface area contributed by atoms with Crippen molar-refractivity contribution in [2.75, 3.05) is 84.8 Å². The number of β-amino-alcohol motifs (C(OH)–C–C–N with tert-alkyl or cyclic N) is 1. The van der Waals surface area contributed by atoms with Crippen LogP contribution in [0.4, 0.5) is 4.79 Å². The van der Waals surface area contributed by atoms with Gasteiger partial charge in [0, 0.05) is 84.8 Å². The number of alkyl carbamates (subject to hydrolysis) is 1. The van der Waals surface area contributed by atoms with Gasteiger partial charge in [-0.15, -0.1) is 0 Å². The average molecular weight is 586 g/mol. The number of carboxylic acids is 2. The quantitative estimate of drug-likeness (QED) is 0.220. The molecule has 1 fully saturated rings. The maximum Gasteiger partial charge on any atom is 0.407 e. The number of hydrogen-bond acceptors (Lipinski definition) is 14. The molecule has 1 aromatic rings.